The normalized spacial score (nSPS) is 11.0. The second-order valence-electron chi connectivity index (χ2n) is 6.08. The fraction of sp³-hybridized carbons (Fsp3) is 0.353. The molecular weight excluding hydrogens is 336 g/mol. The molecule has 1 N–H and O–H groups in total. The molecule has 9 heteroatoms. The van der Waals surface area contributed by atoms with E-state index in [0.29, 0.717) is 24.5 Å². The fourth-order valence-electron chi connectivity index (χ4n) is 3.08. The lowest BCUT2D eigenvalue weighted by Crippen LogP contribution is -2.31. The predicted molar refractivity (Wildman–Crippen MR) is 95.8 cm³/mol. The van der Waals surface area contributed by atoms with Crippen LogP contribution in [0.25, 0.3) is 11.0 Å². The van der Waals surface area contributed by atoms with Gasteiger partial charge in [0.2, 0.25) is 5.91 Å². The molecule has 1 aromatic carbocycles. The van der Waals surface area contributed by atoms with Gasteiger partial charge in [0, 0.05) is 13.1 Å². The van der Waals surface area contributed by atoms with Crippen LogP contribution in [0.3, 0.4) is 0 Å². The van der Waals surface area contributed by atoms with Gasteiger partial charge >= 0.3 is 5.69 Å². The molecule has 0 aliphatic carbocycles. The molecule has 0 saturated carbocycles. The SMILES string of the molecule is Cc1nn(CC(=O)NCCn2c(C)nc3ccccc32)c(C)c1[N+](=O)[O-]. The number of fused-ring (bicyclic) bond motifs is 1. The van der Waals surface area contributed by atoms with Gasteiger partial charge in [0.05, 0.1) is 16.0 Å². The van der Waals surface area contributed by atoms with Crippen molar-refractivity contribution in [2.24, 2.45) is 0 Å². The van der Waals surface area contributed by atoms with Gasteiger partial charge < -0.3 is 9.88 Å². The lowest BCUT2D eigenvalue weighted by atomic mass is 10.3. The number of nitrogens with zero attached hydrogens (tertiary/aromatic N) is 5. The molecule has 0 radical (unpaired) electrons. The van der Waals surface area contributed by atoms with Crippen molar-refractivity contribution in [2.75, 3.05) is 6.54 Å². The van der Waals surface area contributed by atoms with Crippen molar-refractivity contribution < 1.29 is 9.72 Å². The lowest BCUT2D eigenvalue weighted by Gasteiger charge is -2.09. The summed E-state index contributed by atoms with van der Waals surface area (Å²) in [5.74, 6) is 0.641. The summed E-state index contributed by atoms with van der Waals surface area (Å²) in [7, 11) is 0. The van der Waals surface area contributed by atoms with Gasteiger partial charge in [0.1, 0.15) is 23.8 Å². The first-order valence-corrected chi connectivity index (χ1v) is 8.25. The molecule has 0 aliphatic heterocycles. The highest BCUT2D eigenvalue weighted by molar-refractivity contribution is 5.76. The van der Waals surface area contributed by atoms with Crippen LogP contribution in [-0.2, 0) is 17.9 Å². The smallest absolute Gasteiger partial charge is 0.312 e. The first-order chi connectivity index (χ1) is 12.4. The van der Waals surface area contributed by atoms with E-state index in [9.17, 15) is 14.9 Å². The van der Waals surface area contributed by atoms with Gasteiger partial charge in [-0.05, 0) is 32.9 Å². The predicted octanol–water partition coefficient (Wildman–Crippen LogP) is 1.88. The van der Waals surface area contributed by atoms with Crippen molar-refractivity contribution in [2.45, 2.75) is 33.9 Å². The van der Waals surface area contributed by atoms with Crippen molar-refractivity contribution in [1.29, 1.82) is 0 Å². The van der Waals surface area contributed by atoms with E-state index in [1.807, 2.05) is 35.8 Å². The molecule has 0 spiro atoms. The number of imidazole rings is 1. The zero-order chi connectivity index (χ0) is 18.8. The molecule has 0 bridgehead atoms. The van der Waals surface area contributed by atoms with Crippen LogP contribution in [-0.4, -0.2) is 36.7 Å². The van der Waals surface area contributed by atoms with Gasteiger partial charge in [-0.1, -0.05) is 12.1 Å². The third kappa shape index (κ3) is 3.28. The van der Waals surface area contributed by atoms with Crippen molar-refractivity contribution in [3.05, 3.63) is 51.6 Å². The summed E-state index contributed by atoms with van der Waals surface area (Å²) >= 11 is 0. The van der Waals surface area contributed by atoms with Gasteiger partial charge in [-0.2, -0.15) is 5.10 Å². The Kier molecular flexibility index (Phi) is 4.70. The van der Waals surface area contributed by atoms with Gasteiger partial charge in [-0.15, -0.1) is 0 Å². The van der Waals surface area contributed by atoms with Crippen LogP contribution >= 0.6 is 0 Å². The molecule has 3 rings (SSSR count). The number of carbonyl (C=O) groups excluding carboxylic acids is 1. The zero-order valence-electron chi connectivity index (χ0n) is 14.9. The van der Waals surface area contributed by atoms with Crippen molar-refractivity contribution in [3.63, 3.8) is 0 Å². The minimum absolute atomic E-state index is 0.0432. The summed E-state index contributed by atoms with van der Waals surface area (Å²) in [6, 6.07) is 7.84. The highest BCUT2D eigenvalue weighted by Crippen LogP contribution is 2.21. The number of carbonyl (C=O) groups is 1. The zero-order valence-corrected chi connectivity index (χ0v) is 14.9. The number of nitro groups is 1. The van der Waals surface area contributed by atoms with Crippen LogP contribution in [0.15, 0.2) is 24.3 Å². The first-order valence-electron chi connectivity index (χ1n) is 8.25. The number of amides is 1. The lowest BCUT2D eigenvalue weighted by molar-refractivity contribution is -0.386. The number of rotatable bonds is 6. The molecule has 26 heavy (non-hydrogen) atoms. The summed E-state index contributed by atoms with van der Waals surface area (Å²) in [6.07, 6.45) is 0. The Bertz CT molecular complexity index is 988. The molecule has 0 saturated heterocycles. The molecule has 136 valence electrons. The second kappa shape index (κ2) is 6.95. The maximum atomic E-state index is 12.2. The van der Waals surface area contributed by atoms with Crippen LogP contribution in [0.4, 0.5) is 5.69 Å². The number of nitrogens with one attached hydrogen (secondary N) is 1. The highest BCUT2D eigenvalue weighted by atomic mass is 16.6. The number of para-hydroxylation sites is 2. The van der Waals surface area contributed by atoms with E-state index in [1.54, 1.807) is 13.8 Å². The van der Waals surface area contributed by atoms with Gasteiger partial charge in [0.15, 0.2) is 0 Å². The largest absolute Gasteiger partial charge is 0.353 e. The van der Waals surface area contributed by atoms with E-state index in [0.717, 1.165) is 16.9 Å². The van der Waals surface area contributed by atoms with E-state index in [4.69, 9.17) is 0 Å². The van der Waals surface area contributed by atoms with Gasteiger partial charge in [-0.25, -0.2) is 4.98 Å². The molecule has 3 aromatic rings. The first kappa shape index (κ1) is 17.6. The standard InChI is InChI=1S/C17H20N6O3/c1-11-17(23(25)26)12(2)22(20-11)10-16(24)18-8-9-21-13(3)19-14-6-4-5-7-15(14)21/h4-7H,8-10H2,1-3H3,(H,18,24). The quantitative estimate of drug-likeness (QED) is 0.536. The Morgan fingerprint density at radius 3 is 2.69 bits per heavy atom. The molecule has 0 fully saturated rings. The van der Waals surface area contributed by atoms with Crippen LogP contribution in [0, 0.1) is 30.9 Å². The Balaban J connectivity index is 1.62. The summed E-state index contributed by atoms with van der Waals surface area (Å²) in [5.41, 5.74) is 2.58. The molecule has 0 atom stereocenters. The summed E-state index contributed by atoms with van der Waals surface area (Å²) in [6.45, 7) is 6.05. The minimum Gasteiger partial charge on any atom is -0.353 e. The highest BCUT2D eigenvalue weighted by Gasteiger charge is 2.22. The molecule has 0 aliphatic rings. The number of hydrogen-bond acceptors (Lipinski definition) is 5. The van der Waals surface area contributed by atoms with Crippen molar-refractivity contribution in [3.8, 4) is 0 Å². The maximum absolute atomic E-state index is 12.2. The fourth-order valence-corrected chi connectivity index (χ4v) is 3.08. The van der Waals surface area contributed by atoms with Crippen molar-refractivity contribution >= 4 is 22.6 Å². The molecule has 9 nitrogen and oxygen atoms in total. The molecule has 0 unspecified atom stereocenters. The third-order valence-electron chi connectivity index (χ3n) is 4.32. The van der Waals surface area contributed by atoms with Crippen LogP contribution in [0.1, 0.15) is 17.2 Å². The Hall–Kier alpha value is -3.23. The Labute approximate surface area is 149 Å². The molecule has 1 amide bonds. The third-order valence-corrected chi connectivity index (χ3v) is 4.32. The maximum Gasteiger partial charge on any atom is 0.312 e. The van der Waals surface area contributed by atoms with Gasteiger partial charge in [0.25, 0.3) is 0 Å². The second-order valence-corrected chi connectivity index (χ2v) is 6.08. The average Bonchev–Trinajstić information content (AvgIpc) is 3.04. The number of benzene rings is 1. The number of hydrogen-bond donors (Lipinski definition) is 1. The van der Waals surface area contributed by atoms with Crippen LogP contribution < -0.4 is 5.32 Å². The number of aromatic nitrogens is 4. The number of aryl methyl sites for hydroxylation is 2. The van der Waals surface area contributed by atoms with E-state index >= 15 is 0 Å². The monoisotopic (exact) mass is 356 g/mol. The van der Waals surface area contributed by atoms with E-state index < -0.39 is 4.92 Å². The van der Waals surface area contributed by atoms with Gasteiger partial charge in [-0.3, -0.25) is 19.6 Å². The molecule has 2 aromatic heterocycles. The Morgan fingerprint density at radius 1 is 1.27 bits per heavy atom. The topological polar surface area (TPSA) is 108 Å². The summed E-state index contributed by atoms with van der Waals surface area (Å²) in [4.78, 5) is 27.2. The summed E-state index contributed by atoms with van der Waals surface area (Å²) < 4.78 is 3.41. The van der Waals surface area contributed by atoms with E-state index in [-0.39, 0.29) is 18.1 Å². The van der Waals surface area contributed by atoms with Crippen molar-refractivity contribution in [1.82, 2.24) is 24.6 Å². The minimum atomic E-state index is -0.473. The van der Waals surface area contributed by atoms with Crippen LogP contribution in [0.2, 0.25) is 0 Å². The van der Waals surface area contributed by atoms with Crippen LogP contribution in [0.5, 0.6) is 0 Å². The molecular formula is C17H20N6O3. The Morgan fingerprint density at radius 2 is 2.00 bits per heavy atom. The molecule has 2 heterocycles. The van der Waals surface area contributed by atoms with E-state index in [1.165, 1.54) is 4.68 Å². The van der Waals surface area contributed by atoms with E-state index in [2.05, 4.69) is 15.4 Å². The average molecular weight is 356 g/mol. The summed E-state index contributed by atoms with van der Waals surface area (Å²) in [5, 5.41) is 17.9.